The second kappa shape index (κ2) is 4.56. The first kappa shape index (κ1) is 11.9. The third-order valence-electron chi connectivity index (χ3n) is 4.16. The van der Waals surface area contributed by atoms with E-state index in [9.17, 15) is 0 Å². The molecule has 3 aromatic rings. The van der Waals surface area contributed by atoms with Gasteiger partial charge in [-0.15, -0.1) is 0 Å². The zero-order chi connectivity index (χ0) is 13.5. The maximum Gasteiger partial charge on any atom is 0.108 e. The minimum absolute atomic E-state index is 0.486. The minimum Gasteiger partial charge on any atom is -0.381 e. The lowest BCUT2D eigenvalue weighted by molar-refractivity contribution is 0.0701. The molecule has 1 aromatic carbocycles. The van der Waals surface area contributed by atoms with Crippen molar-refractivity contribution in [2.75, 3.05) is 13.2 Å². The van der Waals surface area contributed by atoms with Crippen LogP contribution >= 0.6 is 0 Å². The number of hydrogen-bond donors (Lipinski definition) is 0. The number of rotatable bonds is 1. The van der Waals surface area contributed by atoms with E-state index in [-0.39, 0.29) is 0 Å². The summed E-state index contributed by atoms with van der Waals surface area (Å²) >= 11 is 0. The van der Waals surface area contributed by atoms with Crippen LogP contribution < -0.4 is 0 Å². The average Bonchev–Trinajstić information content (AvgIpc) is 2.84. The van der Waals surface area contributed by atoms with E-state index in [1.54, 1.807) is 0 Å². The van der Waals surface area contributed by atoms with Gasteiger partial charge in [0.1, 0.15) is 11.3 Å². The first-order valence-corrected chi connectivity index (χ1v) is 7.14. The molecule has 0 bridgehead atoms. The summed E-state index contributed by atoms with van der Waals surface area (Å²) in [5.41, 5.74) is 3.25. The first-order chi connectivity index (χ1) is 9.84. The van der Waals surface area contributed by atoms with Gasteiger partial charge in [0.15, 0.2) is 0 Å². The maximum atomic E-state index is 5.49. The quantitative estimate of drug-likeness (QED) is 0.679. The van der Waals surface area contributed by atoms with Crippen molar-refractivity contribution in [3.05, 3.63) is 36.3 Å². The molecular formula is C16H17N3O. The van der Waals surface area contributed by atoms with Crippen molar-refractivity contribution >= 4 is 21.9 Å². The Bertz CT molecular complexity index is 772. The normalized spacial score (nSPS) is 17.1. The number of pyridine rings is 1. The molecule has 20 heavy (non-hydrogen) atoms. The predicted molar refractivity (Wildman–Crippen MR) is 78.9 cm³/mol. The number of aromatic nitrogens is 3. The summed E-state index contributed by atoms with van der Waals surface area (Å²) in [5, 5.41) is 1.19. The Balaban J connectivity index is 2.03. The van der Waals surface area contributed by atoms with Gasteiger partial charge in [-0.3, -0.25) is 4.98 Å². The van der Waals surface area contributed by atoms with Crippen molar-refractivity contribution in [2.45, 2.75) is 25.8 Å². The Morgan fingerprint density at radius 1 is 1.15 bits per heavy atom. The van der Waals surface area contributed by atoms with Crippen molar-refractivity contribution in [3.63, 3.8) is 0 Å². The lowest BCUT2D eigenvalue weighted by Crippen LogP contribution is -2.20. The van der Waals surface area contributed by atoms with Crippen molar-refractivity contribution in [2.24, 2.45) is 0 Å². The molecule has 0 unspecified atom stereocenters. The molecule has 102 valence electrons. The number of aryl methyl sites for hydroxylation is 1. The second-order valence-corrected chi connectivity index (χ2v) is 5.38. The van der Waals surface area contributed by atoms with Gasteiger partial charge in [0.2, 0.25) is 0 Å². The van der Waals surface area contributed by atoms with E-state index in [4.69, 9.17) is 9.72 Å². The van der Waals surface area contributed by atoms with Gasteiger partial charge in [-0.05, 0) is 25.8 Å². The molecule has 1 aliphatic rings. The lowest BCUT2D eigenvalue weighted by Gasteiger charge is -2.25. The summed E-state index contributed by atoms with van der Waals surface area (Å²) in [7, 11) is 0. The highest BCUT2D eigenvalue weighted by Gasteiger charge is 2.21. The molecule has 1 aliphatic heterocycles. The molecule has 1 fully saturated rings. The van der Waals surface area contributed by atoms with E-state index in [1.807, 2.05) is 12.3 Å². The van der Waals surface area contributed by atoms with Gasteiger partial charge in [0.25, 0.3) is 0 Å². The Morgan fingerprint density at radius 3 is 2.80 bits per heavy atom. The highest BCUT2D eigenvalue weighted by atomic mass is 16.5. The number of hydrogen-bond acceptors (Lipinski definition) is 3. The van der Waals surface area contributed by atoms with Gasteiger partial charge in [0, 0.05) is 24.6 Å². The average molecular weight is 267 g/mol. The van der Waals surface area contributed by atoms with E-state index in [0.717, 1.165) is 42.9 Å². The highest BCUT2D eigenvalue weighted by molar-refractivity contribution is 6.02. The van der Waals surface area contributed by atoms with Crippen LogP contribution in [0.25, 0.3) is 21.9 Å². The van der Waals surface area contributed by atoms with Crippen molar-refractivity contribution in [1.82, 2.24) is 14.5 Å². The third-order valence-corrected chi connectivity index (χ3v) is 4.16. The van der Waals surface area contributed by atoms with Crippen LogP contribution in [0.5, 0.6) is 0 Å². The van der Waals surface area contributed by atoms with Gasteiger partial charge in [-0.25, -0.2) is 4.98 Å². The molecule has 4 nitrogen and oxygen atoms in total. The van der Waals surface area contributed by atoms with Crippen LogP contribution in [0.3, 0.4) is 0 Å². The van der Waals surface area contributed by atoms with Gasteiger partial charge in [-0.1, -0.05) is 18.2 Å². The van der Waals surface area contributed by atoms with E-state index in [2.05, 4.69) is 34.7 Å². The predicted octanol–water partition coefficient (Wildman–Crippen LogP) is 3.24. The largest absolute Gasteiger partial charge is 0.381 e. The topological polar surface area (TPSA) is 39.9 Å². The molecule has 2 aromatic heterocycles. The van der Waals surface area contributed by atoms with Gasteiger partial charge < -0.3 is 9.30 Å². The fraction of sp³-hybridized carbons (Fsp3) is 0.375. The summed E-state index contributed by atoms with van der Waals surface area (Å²) in [6.07, 6.45) is 4.01. The molecule has 0 amide bonds. The SMILES string of the molecule is Cc1nc2cnc3ccccc3c2n1C1CCOCC1. The van der Waals surface area contributed by atoms with Crippen LogP contribution in [0, 0.1) is 6.92 Å². The summed E-state index contributed by atoms with van der Waals surface area (Å²) < 4.78 is 7.88. The van der Waals surface area contributed by atoms with Crippen LogP contribution in [0.15, 0.2) is 30.5 Å². The molecule has 0 atom stereocenters. The van der Waals surface area contributed by atoms with Crippen LogP contribution in [0.2, 0.25) is 0 Å². The Kier molecular flexibility index (Phi) is 2.70. The number of para-hydroxylation sites is 1. The molecule has 0 radical (unpaired) electrons. The van der Waals surface area contributed by atoms with E-state index in [1.165, 1.54) is 10.9 Å². The zero-order valence-corrected chi connectivity index (χ0v) is 11.5. The highest BCUT2D eigenvalue weighted by Crippen LogP contribution is 2.31. The number of imidazole rings is 1. The molecule has 4 rings (SSSR count). The standard InChI is InChI=1S/C16H17N3O/c1-11-18-15-10-17-14-5-3-2-4-13(14)16(15)19(11)12-6-8-20-9-7-12/h2-5,10,12H,6-9H2,1H3. The zero-order valence-electron chi connectivity index (χ0n) is 11.5. The van der Waals surface area contributed by atoms with E-state index in [0.29, 0.717) is 6.04 Å². The Morgan fingerprint density at radius 2 is 1.95 bits per heavy atom. The molecule has 1 saturated heterocycles. The van der Waals surface area contributed by atoms with Gasteiger partial charge in [-0.2, -0.15) is 0 Å². The van der Waals surface area contributed by atoms with Crippen LogP contribution in [0.4, 0.5) is 0 Å². The summed E-state index contributed by atoms with van der Waals surface area (Å²) in [5.74, 6) is 1.07. The van der Waals surface area contributed by atoms with Crippen molar-refractivity contribution < 1.29 is 4.74 Å². The number of nitrogens with zero attached hydrogens (tertiary/aromatic N) is 3. The smallest absolute Gasteiger partial charge is 0.108 e. The Labute approximate surface area is 117 Å². The number of ether oxygens (including phenoxy) is 1. The molecular weight excluding hydrogens is 250 g/mol. The van der Waals surface area contributed by atoms with Crippen LogP contribution in [-0.2, 0) is 4.74 Å². The van der Waals surface area contributed by atoms with E-state index >= 15 is 0 Å². The van der Waals surface area contributed by atoms with Gasteiger partial charge >= 0.3 is 0 Å². The fourth-order valence-corrected chi connectivity index (χ4v) is 3.23. The first-order valence-electron chi connectivity index (χ1n) is 7.14. The molecule has 0 spiro atoms. The minimum atomic E-state index is 0.486. The van der Waals surface area contributed by atoms with E-state index < -0.39 is 0 Å². The molecule has 0 saturated carbocycles. The maximum absolute atomic E-state index is 5.49. The van der Waals surface area contributed by atoms with Gasteiger partial charge in [0.05, 0.1) is 17.2 Å². The second-order valence-electron chi connectivity index (χ2n) is 5.38. The number of benzene rings is 1. The third kappa shape index (κ3) is 1.72. The van der Waals surface area contributed by atoms with Crippen LogP contribution in [0.1, 0.15) is 24.7 Å². The fourth-order valence-electron chi connectivity index (χ4n) is 3.23. The summed E-state index contributed by atoms with van der Waals surface area (Å²) in [4.78, 5) is 9.21. The Hall–Kier alpha value is -1.94. The van der Waals surface area contributed by atoms with Crippen molar-refractivity contribution in [1.29, 1.82) is 0 Å². The molecule has 0 aliphatic carbocycles. The summed E-state index contributed by atoms with van der Waals surface area (Å²) in [6.45, 7) is 3.77. The van der Waals surface area contributed by atoms with Crippen LogP contribution in [-0.4, -0.2) is 27.7 Å². The summed E-state index contributed by atoms with van der Waals surface area (Å²) in [6, 6.07) is 8.79. The van der Waals surface area contributed by atoms with Crippen molar-refractivity contribution in [3.8, 4) is 0 Å². The molecule has 3 heterocycles. The molecule has 0 N–H and O–H groups in total. The molecule has 4 heteroatoms. The number of fused-ring (bicyclic) bond motifs is 3. The monoisotopic (exact) mass is 267 g/mol. The lowest BCUT2D eigenvalue weighted by atomic mass is 10.1.